The largest absolute Gasteiger partial charge is 0.395 e. The molecule has 8 atom stereocenters. The third-order valence-corrected chi connectivity index (χ3v) is 18.0. The minimum Gasteiger partial charge on any atom is -0.395 e. The molecule has 55 heavy (non-hydrogen) atoms. The van der Waals surface area contributed by atoms with Crippen molar-refractivity contribution >= 4 is 169 Å². The third-order valence-electron chi connectivity index (χ3n) is 5.47. The first-order valence-electron chi connectivity index (χ1n) is 16.8. The van der Waals surface area contributed by atoms with E-state index in [-0.39, 0.29) is 48.7 Å². The lowest BCUT2D eigenvalue weighted by molar-refractivity contribution is 0.0450. The van der Waals surface area contributed by atoms with Gasteiger partial charge in [-0.05, 0) is 0 Å². The van der Waals surface area contributed by atoms with Gasteiger partial charge >= 0.3 is 0 Å². The van der Waals surface area contributed by atoms with Gasteiger partial charge in [-0.25, -0.2) is 0 Å². The summed E-state index contributed by atoms with van der Waals surface area (Å²) in [7, 11) is 10.9. The minimum absolute atomic E-state index is 0.0367. The van der Waals surface area contributed by atoms with E-state index in [1.165, 1.54) is 44.6 Å². The van der Waals surface area contributed by atoms with E-state index >= 15 is 0 Å². The zero-order valence-corrected chi connectivity index (χ0v) is 42.0. The van der Waals surface area contributed by atoms with Crippen LogP contribution in [0, 0.1) is 0 Å². The van der Waals surface area contributed by atoms with Crippen LogP contribution < -0.4 is 0 Å². The van der Waals surface area contributed by atoms with Crippen molar-refractivity contribution in [3.8, 4) is 0 Å². The molecule has 334 valence electrons. The highest BCUT2D eigenvalue weighted by Gasteiger charge is 2.26. The number of aliphatic hydroxyl groups excluding tert-OH is 7. The van der Waals surface area contributed by atoms with Gasteiger partial charge in [0.2, 0.25) is 0 Å². The SMILES string of the molecule is C(SSCC1CS1)C1CS1.C1OC1CSSCC1CO1.ClCC1CO1.OC(CCl)CCl.OC(CCl)CSSCC(O)CCl.OCC(Cl)CCl.OCC(O)CO. The quantitative estimate of drug-likeness (QED) is 0.0261. The zero-order chi connectivity index (χ0) is 41.7. The van der Waals surface area contributed by atoms with Gasteiger partial charge in [-0.2, -0.15) is 23.5 Å². The Labute approximate surface area is 395 Å². The molecule has 0 aromatic heterocycles. The van der Waals surface area contributed by atoms with Crippen molar-refractivity contribution in [2.75, 3.05) is 121 Å². The summed E-state index contributed by atoms with van der Waals surface area (Å²) in [5, 5.41) is 60.4. The highest BCUT2D eigenvalue weighted by Crippen LogP contribution is 2.40. The summed E-state index contributed by atoms with van der Waals surface area (Å²) in [5.74, 6) is 11.0. The maximum Gasteiger partial charge on any atom is 0.100 e. The number of epoxide rings is 3. The second-order valence-electron chi connectivity index (χ2n) is 11.2. The summed E-state index contributed by atoms with van der Waals surface area (Å²) in [6, 6.07) is 0. The normalized spacial score (nSPS) is 23.5. The van der Waals surface area contributed by atoms with Crippen LogP contribution in [0.4, 0.5) is 0 Å². The second-order valence-corrected chi connectivity index (χ2v) is 24.0. The van der Waals surface area contributed by atoms with E-state index in [2.05, 4.69) is 45.1 Å². The first-order chi connectivity index (χ1) is 26.5. The molecule has 0 aromatic carbocycles. The predicted molar refractivity (Wildman–Crippen MR) is 256 cm³/mol. The standard InChI is InChI=1S/C6H12Cl2O2S2.C6H10O2S2.C6H10S4.2C3H6Cl2O.C3H5ClO.C3H8O3/c7-1-5(9)3-11-12-4-6(10)2-8;2*1-5(7-1)3-9-10-4-6-2-8-6;4-1-3(5)2-6;4-1-3(6)2-5;4-1-3-2-5-3;4-1-3(6)2-5/h5-6,9-10H,1-4H2;2*5-6H,1-4H2;2*3,6H,1-2H2;3H,1-2H2;3-6H,1-2H2. The molecule has 5 fully saturated rings. The van der Waals surface area contributed by atoms with E-state index in [0.717, 1.165) is 41.8 Å². The molecule has 0 spiro atoms. The number of halogens is 7. The van der Waals surface area contributed by atoms with Gasteiger partial charge in [-0.1, -0.05) is 64.8 Å². The maximum absolute atomic E-state index is 9.03. The van der Waals surface area contributed by atoms with Gasteiger partial charge in [0.25, 0.3) is 0 Å². The lowest BCUT2D eigenvalue weighted by Crippen LogP contribution is -2.15. The molecule has 5 saturated heterocycles. The zero-order valence-electron chi connectivity index (χ0n) is 30.2. The fourth-order valence-corrected chi connectivity index (χ4v) is 12.3. The summed E-state index contributed by atoms with van der Waals surface area (Å²) < 4.78 is 14.9. The Balaban J connectivity index is 0. The molecule has 5 rings (SSSR count). The number of hydrogen-bond acceptors (Lipinski definition) is 18. The summed E-state index contributed by atoms with van der Waals surface area (Å²) >= 11 is 40.9. The van der Waals surface area contributed by atoms with Gasteiger partial charge in [0.15, 0.2) is 0 Å². The molecule has 25 heteroatoms. The van der Waals surface area contributed by atoms with Crippen molar-refractivity contribution in [3.63, 3.8) is 0 Å². The van der Waals surface area contributed by atoms with Crippen LogP contribution in [0.25, 0.3) is 0 Å². The molecule has 0 amide bonds. The number of alkyl halides is 7. The molecule has 7 N–H and O–H groups in total. The summed E-state index contributed by atoms with van der Waals surface area (Å²) in [6.07, 6.45) is -0.875. The molecule has 0 bridgehead atoms. The van der Waals surface area contributed by atoms with Crippen LogP contribution in [-0.4, -0.2) is 215 Å². The van der Waals surface area contributed by atoms with E-state index in [4.69, 9.17) is 131 Å². The van der Waals surface area contributed by atoms with Crippen molar-refractivity contribution in [1.29, 1.82) is 0 Å². The van der Waals surface area contributed by atoms with Gasteiger partial charge in [0.1, 0.15) is 6.10 Å². The molecular weight excluding hydrogens is 1030 g/mol. The van der Waals surface area contributed by atoms with Crippen LogP contribution in [0.5, 0.6) is 0 Å². The highest BCUT2D eigenvalue weighted by atomic mass is 35.5. The molecule has 0 aliphatic carbocycles. The van der Waals surface area contributed by atoms with Crippen molar-refractivity contribution in [2.45, 2.75) is 58.6 Å². The van der Waals surface area contributed by atoms with Crippen LogP contribution in [0.2, 0.25) is 0 Å². The van der Waals surface area contributed by atoms with Gasteiger partial charge < -0.3 is 50.0 Å². The highest BCUT2D eigenvalue weighted by molar-refractivity contribution is 8.77. The van der Waals surface area contributed by atoms with E-state index in [9.17, 15) is 0 Å². The molecule has 0 radical (unpaired) electrons. The van der Waals surface area contributed by atoms with Gasteiger partial charge in [-0.15, -0.1) is 81.2 Å². The Kier molecular flexibility index (Phi) is 50.3. The average Bonchev–Trinajstić information content (AvgIpc) is 4.03. The lowest BCUT2D eigenvalue weighted by Gasteiger charge is -2.07. The Morgan fingerprint density at radius 2 is 0.836 bits per heavy atom. The average molecular weight is 1080 g/mol. The monoisotopic (exact) mass is 1080 g/mol. The Morgan fingerprint density at radius 3 is 1.00 bits per heavy atom. The Morgan fingerprint density at radius 1 is 0.491 bits per heavy atom. The third kappa shape index (κ3) is 54.5. The van der Waals surface area contributed by atoms with Crippen LogP contribution in [-0.2, 0) is 14.2 Å². The number of ether oxygens (including phenoxy) is 3. The topological polar surface area (TPSA) is 179 Å². The van der Waals surface area contributed by atoms with E-state index < -0.39 is 24.4 Å². The second kappa shape index (κ2) is 45.0. The molecular formula is C30H57Cl7O10S8. The summed E-state index contributed by atoms with van der Waals surface area (Å²) in [5.41, 5.74) is 0. The smallest absolute Gasteiger partial charge is 0.100 e. The molecule has 8 unspecified atom stereocenters. The molecule has 10 nitrogen and oxygen atoms in total. The summed E-state index contributed by atoms with van der Waals surface area (Å²) in [6.45, 7) is 2.07. The van der Waals surface area contributed by atoms with Gasteiger partial charge in [0.05, 0.1) is 87.5 Å². The van der Waals surface area contributed by atoms with Crippen molar-refractivity contribution < 1.29 is 50.0 Å². The van der Waals surface area contributed by atoms with Crippen molar-refractivity contribution in [3.05, 3.63) is 0 Å². The number of aliphatic hydroxyl groups is 7. The van der Waals surface area contributed by atoms with Crippen molar-refractivity contribution in [2.24, 2.45) is 0 Å². The lowest BCUT2D eigenvalue weighted by atomic mass is 10.4. The van der Waals surface area contributed by atoms with E-state index in [1.807, 2.05) is 21.6 Å². The predicted octanol–water partition coefficient (Wildman–Crippen LogP) is 5.94. The fourth-order valence-electron chi connectivity index (χ4n) is 1.80. The van der Waals surface area contributed by atoms with Gasteiger partial charge in [0, 0.05) is 85.9 Å². The first kappa shape index (κ1) is 61.5. The van der Waals surface area contributed by atoms with Gasteiger partial charge in [-0.3, -0.25) is 0 Å². The Hall–Kier alpha value is 4.43. The van der Waals surface area contributed by atoms with Crippen LogP contribution in [0.1, 0.15) is 0 Å². The van der Waals surface area contributed by atoms with Crippen LogP contribution in [0.15, 0.2) is 0 Å². The molecule has 5 aliphatic rings. The Bertz CT molecular complexity index is 694. The molecule has 5 aliphatic heterocycles. The molecule has 0 aromatic rings. The van der Waals surface area contributed by atoms with E-state index in [1.54, 1.807) is 0 Å². The number of thioether (sulfide) groups is 2. The summed E-state index contributed by atoms with van der Waals surface area (Å²) in [4.78, 5) is 0. The number of hydrogen-bond donors (Lipinski definition) is 7. The molecule has 5 heterocycles. The first-order valence-corrected chi connectivity index (χ1v) is 30.0. The fraction of sp³-hybridized carbons (Fsp3) is 1.00. The van der Waals surface area contributed by atoms with Crippen molar-refractivity contribution in [1.82, 2.24) is 0 Å². The van der Waals surface area contributed by atoms with E-state index in [0.29, 0.717) is 41.6 Å². The van der Waals surface area contributed by atoms with Crippen LogP contribution >= 0.6 is 169 Å². The molecule has 0 saturated carbocycles. The maximum atomic E-state index is 9.03. The minimum atomic E-state index is -0.954. The number of rotatable bonds is 24. The van der Waals surface area contributed by atoms with Crippen LogP contribution in [0.3, 0.4) is 0 Å².